The van der Waals surface area contributed by atoms with E-state index in [1.807, 2.05) is 54.7 Å². The van der Waals surface area contributed by atoms with Gasteiger partial charge in [0.1, 0.15) is 11.7 Å². The molecule has 0 aliphatic carbocycles. The van der Waals surface area contributed by atoms with E-state index in [0.717, 1.165) is 47.3 Å². The van der Waals surface area contributed by atoms with Crippen molar-refractivity contribution in [2.45, 2.75) is 32.0 Å². The first-order valence-corrected chi connectivity index (χ1v) is 10.7. The summed E-state index contributed by atoms with van der Waals surface area (Å²) in [5, 5.41) is 29.5. The first-order chi connectivity index (χ1) is 16.1. The average Bonchev–Trinajstić information content (AvgIpc) is 3.60. The molecule has 4 aromatic rings. The number of aromatic nitrogens is 5. The summed E-state index contributed by atoms with van der Waals surface area (Å²) in [5.41, 5.74) is 10.2. The van der Waals surface area contributed by atoms with Crippen LogP contribution in [0.1, 0.15) is 35.9 Å². The lowest BCUT2D eigenvalue weighted by Gasteiger charge is -2.21. The quantitative estimate of drug-likeness (QED) is 0.304. The zero-order chi connectivity index (χ0) is 22.8. The zero-order valence-electron chi connectivity index (χ0n) is 17.9. The Kier molecular flexibility index (Phi) is 5.57. The van der Waals surface area contributed by atoms with Crippen molar-refractivity contribution < 1.29 is 9.63 Å². The van der Waals surface area contributed by atoms with Gasteiger partial charge in [0.05, 0.1) is 19.3 Å². The molecular formula is C23H24N8O2. The minimum atomic E-state index is -0.135. The van der Waals surface area contributed by atoms with Crippen molar-refractivity contribution in [2.75, 3.05) is 6.54 Å². The van der Waals surface area contributed by atoms with Crippen molar-refractivity contribution in [1.29, 1.82) is 5.41 Å². The Hall–Kier alpha value is -4.05. The zero-order valence-corrected chi connectivity index (χ0v) is 17.9. The average molecular weight is 444 g/mol. The summed E-state index contributed by atoms with van der Waals surface area (Å²) in [6, 6.07) is 15.4. The molecule has 168 valence electrons. The van der Waals surface area contributed by atoms with Gasteiger partial charge in [0.15, 0.2) is 5.96 Å². The number of rotatable bonds is 6. The van der Waals surface area contributed by atoms with Crippen molar-refractivity contribution >= 4 is 5.96 Å². The van der Waals surface area contributed by atoms with E-state index in [1.54, 1.807) is 9.58 Å². The molecule has 0 bridgehead atoms. The minimum absolute atomic E-state index is 0.0194. The third kappa shape index (κ3) is 4.33. The number of aliphatic hydroxyl groups is 1. The Balaban J connectivity index is 1.26. The van der Waals surface area contributed by atoms with Gasteiger partial charge in [-0.3, -0.25) is 5.41 Å². The highest BCUT2D eigenvalue weighted by atomic mass is 16.5. The van der Waals surface area contributed by atoms with E-state index in [2.05, 4.69) is 20.5 Å². The van der Waals surface area contributed by atoms with Gasteiger partial charge >= 0.3 is 0 Å². The van der Waals surface area contributed by atoms with E-state index in [0.29, 0.717) is 18.3 Å². The van der Waals surface area contributed by atoms with Crippen LogP contribution in [0.2, 0.25) is 0 Å². The van der Waals surface area contributed by atoms with Crippen molar-refractivity contribution in [3.63, 3.8) is 0 Å². The minimum Gasteiger partial charge on any atom is -0.392 e. The summed E-state index contributed by atoms with van der Waals surface area (Å²) < 4.78 is 7.26. The molecule has 1 unspecified atom stereocenters. The number of nitrogens with one attached hydrogen (secondary N) is 1. The first kappa shape index (κ1) is 20.8. The lowest BCUT2D eigenvalue weighted by Crippen LogP contribution is -2.35. The maximum atomic E-state index is 9.18. The van der Waals surface area contributed by atoms with Crippen LogP contribution in [0.15, 0.2) is 59.3 Å². The summed E-state index contributed by atoms with van der Waals surface area (Å²) >= 11 is 0. The van der Waals surface area contributed by atoms with Crippen LogP contribution in [-0.2, 0) is 13.2 Å². The van der Waals surface area contributed by atoms with Gasteiger partial charge in [-0.25, -0.2) is 4.68 Å². The maximum absolute atomic E-state index is 9.18. The van der Waals surface area contributed by atoms with Crippen LogP contribution in [0.5, 0.6) is 0 Å². The van der Waals surface area contributed by atoms with Gasteiger partial charge in [-0.15, -0.1) is 5.10 Å². The molecule has 4 N–H and O–H groups in total. The second-order valence-electron chi connectivity index (χ2n) is 8.05. The Bertz CT molecular complexity index is 1250. The highest BCUT2D eigenvalue weighted by molar-refractivity contribution is 5.75. The summed E-state index contributed by atoms with van der Waals surface area (Å²) in [4.78, 5) is 6.33. The number of nitrogens with two attached hydrogens (primary N) is 1. The predicted octanol–water partition coefficient (Wildman–Crippen LogP) is 2.57. The number of benzene rings is 2. The summed E-state index contributed by atoms with van der Waals surface area (Å²) in [5.74, 6) is 1.03. The standard InChI is InChI=1S/C23H24N8O2/c24-23(25)31-11-1-2-20(31)22-26-21(28-33-22)18-9-3-15(4-10-18)12-30-13-19(27-29-30)17-7-5-16(14-32)6-8-17/h3-10,13,20,32H,1-2,11-12,14H2,(H3,24,25). The molecular weight excluding hydrogens is 420 g/mol. The van der Waals surface area contributed by atoms with Gasteiger partial charge in [0, 0.05) is 17.7 Å². The highest BCUT2D eigenvalue weighted by Crippen LogP contribution is 2.31. The van der Waals surface area contributed by atoms with E-state index in [-0.39, 0.29) is 18.6 Å². The van der Waals surface area contributed by atoms with Crippen molar-refractivity contribution in [2.24, 2.45) is 5.73 Å². The highest BCUT2D eigenvalue weighted by Gasteiger charge is 2.31. The van der Waals surface area contributed by atoms with E-state index >= 15 is 0 Å². The predicted molar refractivity (Wildman–Crippen MR) is 121 cm³/mol. The molecule has 33 heavy (non-hydrogen) atoms. The molecule has 1 aliphatic rings. The SMILES string of the molecule is N=C(N)N1CCCC1c1nc(-c2ccc(Cn3cc(-c4ccc(CO)cc4)nn3)cc2)no1. The molecule has 1 fully saturated rings. The van der Waals surface area contributed by atoms with Gasteiger partial charge in [-0.2, -0.15) is 4.98 Å². The summed E-state index contributed by atoms with van der Waals surface area (Å²) in [6.07, 6.45) is 3.68. The third-order valence-corrected chi connectivity index (χ3v) is 5.82. The van der Waals surface area contributed by atoms with Gasteiger partial charge in [0.25, 0.3) is 0 Å². The lowest BCUT2D eigenvalue weighted by molar-refractivity contribution is 0.282. The van der Waals surface area contributed by atoms with Crippen LogP contribution < -0.4 is 5.73 Å². The van der Waals surface area contributed by atoms with E-state index < -0.39 is 0 Å². The van der Waals surface area contributed by atoms with Gasteiger partial charge < -0.3 is 20.3 Å². The van der Waals surface area contributed by atoms with Crippen LogP contribution in [0.3, 0.4) is 0 Å². The number of hydrogen-bond acceptors (Lipinski definition) is 7. The lowest BCUT2D eigenvalue weighted by atomic mass is 10.1. The number of likely N-dealkylation sites (tertiary alicyclic amines) is 1. The summed E-state index contributed by atoms with van der Waals surface area (Å²) in [7, 11) is 0. The molecule has 0 spiro atoms. The van der Waals surface area contributed by atoms with Crippen LogP contribution in [0, 0.1) is 5.41 Å². The third-order valence-electron chi connectivity index (χ3n) is 5.82. The van der Waals surface area contributed by atoms with Crippen LogP contribution >= 0.6 is 0 Å². The van der Waals surface area contributed by atoms with Gasteiger partial charge in [0.2, 0.25) is 11.7 Å². The molecule has 0 saturated carbocycles. The topological polar surface area (TPSA) is 143 Å². The van der Waals surface area contributed by atoms with Gasteiger partial charge in [-0.05, 0) is 24.0 Å². The van der Waals surface area contributed by atoms with Crippen LogP contribution in [0.25, 0.3) is 22.6 Å². The molecule has 2 aromatic carbocycles. The van der Waals surface area contributed by atoms with Gasteiger partial charge in [-0.1, -0.05) is 58.9 Å². The fourth-order valence-electron chi connectivity index (χ4n) is 4.03. The van der Waals surface area contributed by atoms with Crippen molar-refractivity contribution in [3.05, 3.63) is 71.7 Å². The number of aliphatic hydroxyl groups excluding tert-OH is 1. The number of hydrogen-bond donors (Lipinski definition) is 3. The van der Waals surface area contributed by atoms with E-state index in [4.69, 9.17) is 15.7 Å². The molecule has 2 aromatic heterocycles. The molecule has 10 heteroatoms. The summed E-state index contributed by atoms with van der Waals surface area (Å²) in [6.45, 7) is 1.32. The smallest absolute Gasteiger partial charge is 0.249 e. The fourth-order valence-corrected chi connectivity index (χ4v) is 4.03. The molecule has 10 nitrogen and oxygen atoms in total. The Morgan fingerprint density at radius 2 is 1.82 bits per heavy atom. The Labute approximate surface area is 190 Å². The first-order valence-electron chi connectivity index (χ1n) is 10.7. The molecule has 0 radical (unpaired) electrons. The van der Waals surface area contributed by atoms with Crippen LogP contribution in [0.4, 0.5) is 0 Å². The molecule has 1 atom stereocenters. The molecule has 1 aliphatic heterocycles. The normalized spacial score (nSPS) is 15.8. The monoisotopic (exact) mass is 444 g/mol. The largest absolute Gasteiger partial charge is 0.392 e. The molecule has 3 heterocycles. The van der Waals surface area contributed by atoms with Crippen molar-refractivity contribution in [3.8, 4) is 22.6 Å². The van der Waals surface area contributed by atoms with E-state index in [9.17, 15) is 5.11 Å². The van der Waals surface area contributed by atoms with Crippen molar-refractivity contribution in [1.82, 2.24) is 30.0 Å². The second kappa shape index (κ2) is 8.83. The Morgan fingerprint density at radius 1 is 1.09 bits per heavy atom. The fraction of sp³-hybridized carbons (Fsp3) is 0.261. The number of nitrogens with zero attached hydrogens (tertiary/aromatic N) is 6. The maximum Gasteiger partial charge on any atom is 0.249 e. The number of guanidine groups is 1. The molecule has 5 rings (SSSR count). The second-order valence-corrected chi connectivity index (χ2v) is 8.05. The molecule has 0 amide bonds. The van der Waals surface area contributed by atoms with Crippen LogP contribution in [-0.4, -0.2) is 47.6 Å². The van der Waals surface area contributed by atoms with E-state index in [1.165, 1.54) is 0 Å². The Morgan fingerprint density at radius 3 is 2.55 bits per heavy atom. The molecule has 1 saturated heterocycles.